The van der Waals surface area contributed by atoms with E-state index in [0.29, 0.717) is 10.0 Å². The zero-order chi connectivity index (χ0) is 14.9. The summed E-state index contributed by atoms with van der Waals surface area (Å²) in [6.45, 7) is 6.63. The third-order valence-corrected chi connectivity index (χ3v) is 5.18. The van der Waals surface area contributed by atoms with Gasteiger partial charge in [0, 0.05) is 0 Å². The van der Waals surface area contributed by atoms with Gasteiger partial charge in [0.2, 0.25) is 0 Å². The van der Waals surface area contributed by atoms with Gasteiger partial charge in [-0.25, -0.2) is 0 Å². The molecular formula is C17H17BrCl2. The van der Waals surface area contributed by atoms with Crippen LogP contribution in [0.5, 0.6) is 0 Å². The summed E-state index contributed by atoms with van der Waals surface area (Å²) in [7, 11) is 0. The standard InChI is InChI=1S/C17H17BrCl2/c1-17(2,3)12-9-7-11(8-10-12)15(18)13-5-4-6-14(19)16(13)20/h4-10,15H,1-3H3. The summed E-state index contributed by atoms with van der Waals surface area (Å²) in [4.78, 5) is 0.0442. The quantitative estimate of drug-likeness (QED) is 0.510. The largest absolute Gasteiger partial charge is 0.0827 e. The molecular weight excluding hydrogens is 355 g/mol. The second-order valence-electron chi connectivity index (χ2n) is 5.88. The van der Waals surface area contributed by atoms with E-state index < -0.39 is 0 Å². The molecule has 0 bridgehead atoms. The third kappa shape index (κ3) is 3.39. The van der Waals surface area contributed by atoms with Crippen LogP contribution in [0.15, 0.2) is 42.5 Å². The number of rotatable bonds is 2. The minimum atomic E-state index is 0.0442. The van der Waals surface area contributed by atoms with Crippen molar-refractivity contribution in [1.82, 2.24) is 0 Å². The summed E-state index contributed by atoms with van der Waals surface area (Å²) >= 11 is 16.1. The summed E-state index contributed by atoms with van der Waals surface area (Å²) in [6, 6.07) is 14.3. The van der Waals surface area contributed by atoms with Crippen LogP contribution in [-0.4, -0.2) is 0 Å². The Morgan fingerprint density at radius 1 is 0.950 bits per heavy atom. The Morgan fingerprint density at radius 3 is 2.10 bits per heavy atom. The van der Waals surface area contributed by atoms with Crippen LogP contribution in [0.3, 0.4) is 0 Å². The van der Waals surface area contributed by atoms with Crippen molar-refractivity contribution in [1.29, 1.82) is 0 Å². The van der Waals surface area contributed by atoms with E-state index in [1.165, 1.54) is 11.1 Å². The molecule has 0 radical (unpaired) electrons. The van der Waals surface area contributed by atoms with Crippen LogP contribution < -0.4 is 0 Å². The van der Waals surface area contributed by atoms with Crippen LogP contribution in [0.2, 0.25) is 10.0 Å². The van der Waals surface area contributed by atoms with Crippen molar-refractivity contribution in [3.8, 4) is 0 Å². The fraction of sp³-hybridized carbons (Fsp3) is 0.294. The first-order chi connectivity index (χ1) is 9.30. The van der Waals surface area contributed by atoms with Crippen molar-refractivity contribution in [2.24, 2.45) is 0 Å². The summed E-state index contributed by atoms with van der Waals surface area (Å²) in [5.74, 6) is 0. The minimum Gasteiger partial charge on any atom is -0.0827 e. The molecule has 3 heteroatoms. The number of hydrogen-bond donors (Lipinski definition) is 0. The van der Waals surface area contributed by atoms with Gasteiger partial charge in [0.15, 0.2) is 0 Å². The van der Waals surface area contributed by atoms with Gasteiger partial charge >= 0.3 is 0 Å². The zero-order valence-corrected chi connectivity index (χ0v) is 14.9. The molecule has 2 aromatic carbocycles. The van der Waals surface area contributed by atoms with E-state index >= 15 is 0 Å². The average molecular weight is 372 g/mol. The summed E-state index contributed by atoms with van der Waals surface area (Å²) < 4.78 is 0. The molecule has 1 unspecified atom stereocenters. The van der Waals surface area contributed by atoms with Crippen LogP contribution in [-0.2, 0) is 5.41 Å². The molecule has 0 aliphatic carbocycles. The lowest BCUT2D eigenvalue weighted by Crippen LogP contribution is -2.10. The average Bonchev–Trinajstić information content (AvgIpc) is 2.40. The molecule has 0 nitrogen and oxygen atoms in total. The Bertz CT molecular complexity index is 597. The topological polar surface area (TPSA) is 0 Å². The Hall–Kier alpha value is -0.500. The van der Waals surface area contributed by atoms with Crippen LogP contribution in [0.1, 0.15) is 42.3 Å². The van der Waals surface area contributed by atoms with Crippen molar-refractivity contribution in [3.05, 3.63) is 69.2 Å². The maximum atomic E-state index is 6.28. The molecule has 2 aromatic rings. The molecule has 0 aliphatic rings. The van der Waals surface area contributed by atoms with E-state index in [4.69, 9.17) is 23.2 Å². The van der Waals surface area contributed by atoms with Crippen LogP contribution >= 0.6 is 39.1 Å². The first-order valence-electron chi connectivity index (χ1n) is 6.49. The molecule has 0 heterocycles. The Labute approximate surface area is 139 Å². The number of alkyl halides is 1. The number of halogens is 3. The van der Waals surface area contributed by atoms with Crippen molar-refractivity contribution >= 4 is 39.1 Å². The van der Waals surface area contributed by atoms with Crippen molar-refractivity contribution in [2.75, 3.05) is 0 Å². The van der Waals surface area contributed by atoms with Gasteiger partial charge < -0.3 is 0 Å². The van der Waals surface area contributed by atoms with Crippen molar-refractivity contribution in [3.63, 3.8) is 0 Å². The molecule has 0 aromatic heterocycles. The van der Waals surface area contributed by atoms with Crippen molar-refractivity contribution in [2.45, 2.75) is 31.0 Å². The summed E-state index contributed by atoms with van der Waals surface area (Å²) in [6.07, 6.45) is 0. The molecule has 0 saturated heterocycles. The molecule has 0 saturated carbocycles. The molecule has 0 aliphatic heterocycles. The van der Waals surface area contributed by atoms with E-state index in [1.807, 2.05) is 12.1 Å². The highest BCUT2D eigenvalue weighted by atomic mass is 79.9. The van der Waals surface area contributed by atoms with Gasteiger partial charge in [0.1, 0.15) is 0 Å². The molecule has 20 heavy (non-hydrogen) atoms. The number of hydrogen-bond acceptors (Lipinski definition) is 0. The smallest absolute Gasteiger partial charge is 0.0659 e. The fourth-order valence-electron chi connectivity index (χ4n) is 2.05. The highest BCUT2D eigenvalue weighted by molar-refractivity contribution is 9.09. The highest BCUT2D eigenvalue weighted by Gasteiger charge is 2.17. The van der Waals surface area contributed by atoms with Crippen LogP contribution in [0.4, 0.5) is 0 Å². The van der Waals surface area contributed by atoms with Gasteiger partial charge in [-0.05, 0) is 28.2 Å². The van der Waals surface area contributed by atoms with Gasteiger partial charge in [0.25, 0.3) is 0 Å². The van der Waals surface area contributed by atoms with Gasteiger partial charge in [-0.2, -0.15) is 0 Å². The lowest BCUT2D eigenvalue weighted by Gasteiger charge is -2.20. The van der Waals surface area contributed by atoms with Crippen molar-refractivity contribution < 1.29 is 0 Å². The molecule has 0 spiro atoms. The predicted molar refractivity (Wildman–Crippen MR) is 92.4 cm³/mol. The van der Waals surface area contributed by atoms with Gasteiger partial charge in [0.05, 0.1) is 14.9 Å². The lowest BCUT2D eigenvalue weighted by molar-refractivity contribution is 0.590. The SMILES string of the molecule is CC(C)(C)c1ccc(C(Br)c2cccc(Cl)c2Cl)cc1. The molecule has 0 fully saturated rings. The maximum absolute atomic E-state index is 6.28. The Morgan fingerprint density at radius 2 is 1.55 bits per heavy atom. The van der Waals surface area contributed by atoms with Crippen LogP contribution in [0.25, 0.3) is 0 Å². The fourth-order valence-corrected chi connectivity index (χ4v) is 3.28. The minimum absolute atomic E-state index is 0.0442. The molecule has 0 N–H and O–H groups in total. The monoisotopic (exact) mass is 370 g/mol. The van der Waals surface area contributed by atoms with E-state index in [1.54, 1.807) is 6.07 Å². The highest BCUT2D eigenvalue weighted by Crippen LogP contribution is 2.38. The molecule has 1 atom stereocenters. The van der Waals surface area contributed by atoms with E-state index in [2.05, 4.69) is 61.0 Å². The Balaban J connectivity index is 2.34. The number of benzene rings is 2. The maximum Gasteiger partial charge on any atom is 0.0659 e. The normalized spacial score (nSPS) is 13.3. The summed E-state index contributed by atoms with van der Waals surface area (Å²) in [5.41, 5.74) is 3.64. The Kier molecular flexibility index (Phi) is 4.84. The third-order valence-electron chi connectivity index (χ3n) is 3.32. The van der Waals surface area contributed by atoms with Gasteiger partial charge in [-0.3, -0.25) is 0 Å². The first kappa shape index (κ1) is 15.9. The second kappa shape index (κ2) is 6.09. The second-order valence-corrected chi connectivity index (χ2v) is 7.58. The molecule has 2 rings (SSSR count). The predicted octanol–water partition coefficient (Wildman–Crippen LogP) is 6.78. The van der Waals surface area contributed by atoms with E-state index in [-0.39, 0.29) is 10.2 Å². The first-order valence-corrected chi connectivity index (χ1v) is 8.16. The van der Waals surface area contributed by atoms with Crippen LogP contribution in [0, 0.1) is 0 Å². The zero-order valence-electron chi connectivity index (χ0n) is 11.8. The molecule has 0 amide bonds. The van der Waals surface area contributed by atoms with Gasteiger partial charge in [-0.1, -0.05) is 96.3 Å². The summed E-state index contributed by atoms with van der Waals surface area (Å²) in [5, 5.41) is 1.19. The lowest BCUT2D eigenvalue weighted by atomic mass is 9.86. The molecule has 106 valence electrons. The van der Waals surface area contributed by atoms with Gasteiger partial charge in [-0.15, -0.1) is 0 Å². The van der Waals surface area contributed by atoms with E-state index in [9.17, 15) is 0 Å². The van der Waals surface area contributed by atoms with E-state index in [0.717, 1.165) is 5.56 Å².